The predicted octanol–water partition coefficient (Wildman–Crippen LogP) is 26.5. The van der Waals surface area contributed by atoms with Gasteiger partial charge >= 0.3 is 0 Å². The molecule has 0 radical (unpaired) electrons. The first-order valence-electron chi connectivity index (χ1n) is 39.3. The van der Waals surface area contributed by atoms with Crippen LogP contribution in [0.1, 0.15) is 44.5 Å². The lowest BCUT2D eigenvalue weighted by Gasteiger charge is -2.39. The summed E-state index contributed by atoms with van der Waals surface area (Å²) in [7, 11) is 0. The Bertz CT molecular complexity index is 7660. The van der Waals surface area contributed by atoms with Gasteiger partial charge in [0.15, 0.2) is 11.6 Å². The van der Waals surface area contributed by atoms with Crippen LogP contribution in [0.5, 0.6) is 0 Å². The molecule has 6 heterocycles. The first-order valence-corrected chi connectivity index (χ1v) is 39.3. The lowest BCUT2D eigenvalue weighted by Crippen LogP contribution is -2.33. The Kier molecular flexibility index (Phi) is 13.1. The van der Waals surface area contributed by atoms with E-state index in [2.05, 4.69) is 397 Å². The molecule has 21 aromatic rings. The zero-order valence-electron chi connectivity index (χ0n) is 61.6. The third-order valence-electron chi connectivity index (χ3n) is 25.4. The molecule has 526 valence electrons. The van der Waals surface area contributed by atoms with Gasteiger partial charge in [0, 0.05) is 54.6 Å². The minimum Gasteiger partial charge on any atom is -0.309 e. The second kappa shape index (κ2) is 23.8. The van der Waals surface area contributed by atoms with Crippen LogP contribution in [0.2, 0.25) is 0 Å². The van der Waals surface area contributed by atoms with Crippen LogP contribution in [0.25, 0.3) is 189 Å². The van der Waals surface area contributed by atoms with Crippen molar-refractivity contribution in [2.75, 3.05) is 0 Å². The van der Waals surface area contributed by atoms with Crippen LogP contribution in [0.3, 0.4) is 0 Å². The van der Waals surface area contributed by atoms with Crippen LogP contribution >= 0.6 is 0 Å². The van der Waals surface area contributed by atoms with Crippen molar-refractivity contribution in [2.45, 2.75) is 10.8 Å². The van der Waals surface area contributed by atoms with E-state index in [1.54, 1.807) is 0 Å². The summed E-state index contributed by atoms with van der Waals surface area (Å²) in [5, 5.41) is 6.96. The molecule has 4 aliphatic rings. The van der Waals surface area contributed by atoms with Crippen LogP contribution in [-0.2, 0) is 10.8 Å². The van der Waals surface area contributed by atoms with Crippen molar-refractivity contribution in [1.82, 2.24) is 29.1 Å². The van der Waals surface area contributed by atoms with E-state index in [1.807, 2.05) is 0 Å². The topological polar surface area (TPSA) is 61.4 Å². The van der Waals surface area contributed by atoms with Gasteiger partial charge in [-0.25, -0.2) is 19.9 Å². The fourth-order valence-electron chi connectivity index (χ4n) is 20.6. The normalized spacial score (nSPS) is 14.2. The molecule has 1 atom stereocenters. The summed E-state index contributed by atoms with van der Waals surface area (Å²) in [6.45, 7) is 0. The van der Waals surface area contributed by atoms with Gasteiger partial charge in [-0.1, -0.05) is 340 Å². The number of benzene rings is 17. The van der Waals surface area contributed by atoms with Crippen LogP contribution in [-0.4, -0.2) is 29.1 Å². The van der Waals surface area contributed by atoms with Crippen LogP contribution in [0.4, 0.5) is 0 Å². The van der Waals surface area contributed by atoms with Gasteiger partial charge in [0.25, 0.3) is 0 Å². The van der Waals surface area contributed by atoms with Gasteiger partial charge < -0.3 is 9.13 Å². The van der Waals surface area contributed by atoms with Crippen molar-refractivity contribution in [3.05, 3.63) is 433 Å². The first kappa shape index (κ1) is 62.9. The molecule has 0 saturated carbocycles. The summed E-state index contributed by atoms with van der Waals surface area (Å²) in [5.41, 5.74) is 38.0. The highest BCUT2D eigenvalue weighted by atomic mass is 15.0. The highest BCUT2D eigenvalue weighted by molar-refractivity contribution is 6.19. The zero-order chi connectivity index (χ0) is 74.5. The average molecular weight is 1450 g/mol. The predicted molar refractivity (Wildman–Crippen MR) is 467 cm³/mol. The van der Waals surface area contributed by atoms with Crippen molar-refractivity contribution in [3.8, 4) is 123 Å². The second-order valence-electron chi connectivity index (χ2n) is 30.9. The Morgan fingerprint density at radius 3 is 1.32 bits per heavy atom. The van der Waals surface area contributed by atoms with Gasteiger partial charge in [-0.15, -0.1) is 0 Å². The molecular formula is C108H64N6. The zero-order valence-corrected chi connectivity index (χ0v) is 61.6. The molecule has 0 amide bonds. The van der Waals surface area contributed by atoms with Gasteiger partial charge in [-0.05, 0) is 160 Å². The molecule has 6 nitrogen and oxygen atoms in total. The molecule has 114 heavy (non-hydrogen) atoms. The Hall–Kier alpha value is -15.0. The Labute approximate surface area is 657 Å². The fourth-order valence-corrected chi connectivity index (χ4v) is 20.6. The number of hydrogen-bond donors (Lipinski definition) is 0. The molecule has 2 aliphatic heterocycles. The van der Waals surface area contributed by atoms with Crippen molar-refractivity contribution >= 4 is 65.4 Å². The summed E-state index contributed by atoms with van der Waals surface area (Å²) < 4.78 is 5.07. The van der Waals surface area contributed by atoms with Crippen molar-refractivity contribution in [3.63, 3.8) is 0 Å². The van der Waals surface area contributed by atoms with E-state index in [0.29, 0.717) is 11.6 Å². The van der Waals surface area contributed by atoms with Crippen molar-refractivity contribution in [2.24, 2.45) is 0 Å². The summed E-state index contributed by atoms with van der Waals surface area (Å²) in [4.78, 5) is 21.8. The van der Waals surface area contributed by atoms with Gasteiger partial charge in [-0.3, -0.25) is 0 Å². The summed E-state index contributed by atoms with van der Waals surface area (Å²) >= 11 is 0. The maximum Gasteiger partial charge on any atom is 0.160 e. The van der Waals surface area contributed by atoms with E-state index >= 15 is 0 Å². The van der Waals surface area contributed by atoms with Gasteiger partial charge in [0.1, 0.15) is 0 Å². The maximum atomic E-state index is 5.64. The van der Waals surface area contributed by atoms with E-state index in [9.17, 15) is 0 Å². The monoisotopic (exact) mass is 1440 g/mol. The highest BCUT2D eigenvalue weighted by Crippen LogP contribution is 2.65. The minimum absolute atomic E-state index is 0.514. The summed E-state index contributed by atoms with van der Waals surface area (Å²) in [6, 6.07) is 143. The average Bonchev–Trinajstić information content (AvgIpc) is 1.47. The number of aromatic nitrogens is 6. The third kappa shape index (κ3) is 8.57. The van der Waals surface area contributed by atoms with E-state index in [1.165, 1.54) is 138 Å². The van der Waals surface area contributed by atoms with Crippen LogP contribution in [0, 0.1) is 0 Å². The Balaban J connectivity index is 0.627. The lowest BCUT2D eigenvalue weighted by molar-refractivity contribution is 0.748. The van der Waals surface area contributed by atoms with Crippen LogP contribution in [0.15, 0.2) is 388 Å². The molecule has 6 heteroatoms. The first-order chi connectivity index (χ1) is 56.5. The number of fused-ring (bicyclic) bond motifs is 26. The van der Waals surface area contributed by atoms with Crippen molar-refractivity contribution in [1.29, 1.82) is 0 Å². The van der Waals surface area contributed by atoms with E-state index < -0.39 is 10.8 Å². The molecule has 2 aliphatic carbocycles. The molecule has 17 aromatic carbocycles. The Morgan fingerprint density at radius 2 is 0.632 bits per heavy atom. The molecule has 0 saturated heterocycles. The third-order valence-corrected chi connectivity index (χ3v) is 25.4. The maximum absolute atomic E-state index is 5.64. The number of para-hydroxylation sites is 6. The largest absolute Gasteiger partial charge is 0.309 e. The van der Waals surface area contributed by atoms with E-state index in [0.717, 1.165) is 83.3 Å². The van der Waals surface area contributed by atoms with Gasteiger partial charge in [0.05, 0.1) is 66.7 Å². The fraction of sp³-hybridized carbons (Fsp3) is 0.0185. The highest BCUT2D eigenvalue weighted by Gasteiger charge is 2.53. The summed E-state index contributed by atoms with van der Waals surface area (Å²) in [6.07, 6.45) is 0. The van der Waals surface area contributed by atoms with Crippen LogP contribution < -0.4 is 0 Å². The number of hydrogen-bond acceptors (Lipinski definition) is 4. The standard InChI is InChI=1S/C108H64N6/c1-3-23-65(24-4-1)66-45-51-70(52-46-66)101-82-30-9-16-40-93(82)109-105(111-101)71-53-47-67(48-54-71)73-57-59-81-92(64-73)108(88-37-15-19-43-97(88)113-95-41-17-10-29-79(95)80-33-22-39-90(108)103(80)113)89-38-21-32-75(99(81)89)74-58-62-94-84(63-74)102(69-25-5-2-6-26-69)112-106(110-94)72-55-49-68(50-56-72)76-60-61-91-104-100(76)83-31-11-18-42-96(83)114(104)98-44-20-14-36-87(98)107(91)85-34-12-7-27-77(85)78-28-8-13-35-86(78)107/h1-64H. The Morgan fingerprint density at radius 1 is 0.202 bits per heavy atom. The lowest BCUT2D eigenvalue weighted by atomic mass is 9.65. The molecule has 0 N–H and O–H groups in total. The quantitative estimate of drug-likeness (QED) is 0.152. The van der Waals surface area contributed by atoms with Crippen molar-refractivity contribution < 1.29 is 0 Å². The number of nitrogens with zero attached hydrogens (tertiary/aromatic N) is 6. The molecule has 0 fully saturated rings. The SMILES string of the molecule is c1ccc(-c2ccc(-c3nc(-c4ccc(-c5ccc6c(c5)C5(c7ccccc7-n7c8ccccc8c8cccc5c87)c5cccc(-c7ccc8nc(-c9ccc(-c%10ccc%11c%12c%10c%10ccccc%10n%12-c%10ccccc%10C%11%10c%11ccccc%11-c%11ccccc%11%10)cc9)nc(-c9ccccc9)c8c7)c5-6)cc4)nc4ccccc34)cc2)cc1. The van der Waals surface area contributed by atoms with E-state index in [4.69, 9.17) is 19.9 Å². The molecule has 25 rings (SSSR count). The van der Waals surface area contributed by atoms with Gasteiger partial charge in [-0.2, -0.15) is 0 Å². The molecule has 0 bridgehead atoms. The molecular weight excluding hydrogens is 1380 g/mol. The molecule has 2 spiro atoms. The van der Waals surface area contributed by atoms with E-state index in [-0.39, 0.29) is 0 Å². The summed E-state index contributed by atoms with van der Waals surface area (Å²) in [5.74, 6) is 1.36. The van der Waals surface area contributed by atoms with Gasteiger partial charge in [0.2, 0.25) is 0 Å². The minimum atomic E-state index is -0.724. The molecule has 4 aromatic heterocycles. The second-order valence-corrected chi connectivity index (χ2v) is 30.9. The molecule has 1 unspecified atom stereocenters. The number of rotatable bonds is 8. The smallest absolute Gasteiger partial charge is 0.160 e.